The monoisotopic (exact) mass is 181 g/mol. The number of aliphatic hydroxyl groups excluding tert-OH is 1. The van der Waals surface area contributed by atoms with Crippen LogP contribution in [-0.2, 0) is 0 Å². The van der Waals surface area contributed by atoms with Gasteiger partial charge in [0.15, 0.2) is 0 Å². The summed E-state index contributed by atoms with van der Waals surface area (Å²) in [5.74, 6) is 3.85. The van der Waals surface area contributed by atoms with E-state index in [0.717, 1.165) is 30.8 Å². The van der Waals surface area contributed by atoms with E-state index < -0.39 is 0 Å². The molecule has 2 saturated carbocycles. The number of rotatable bonds is 3. The molecule has 0 aromatic carbocycles. The van der Waals surface area contributed by atoms with Crippen LogP contribution < -0.4 is 0 Å². The van der Waals surface area contributed by atoms with Gasteiger partial charge in [0.25, 0.3) is 0 Å². The molecule has 74 valence electrons. The molecule has 2 nitrogen and oxygen atoms in total. The van der Waals surface area contributed by atoms with Gasteiger partial charge in [-0.2, -0.15) is 0 Å². The number of nitrogens with zero attached hydrogens (tertiary/aromatic N) is 1. The predicted molar refractivity (Wildman–Crippen MR) is 51.3 cm³/mol. The highest BCUT2D eigenvalue weighted by molar-refractivity contribution is 5.03. The van der Waals surface area contributed by atoms with Crippen LogP contribution in [0, 0.1) is 23.7 Å². The van der Waals surface area contributed by atoms with Gasteiger partial charge < -0.3 is 10.0 Å². The summed E-state index contributed by atoms with van der Waals surface area (Å²) in [4.78, 5) is 2.53. The summed E-state index contributed by atoms with van der Waals surface area (Å²) >= 11 is 0. The van der Waals surface area contributed by atoms with Crippen LogP contribution >= 0.6 is 0 Å². The Balaban J connectivity index is 1.41. The number of hydrogen-bond acceptors (Lipinski definition) is 2. The molecule has 0 spiro atoms. The Morgan fingerprint density at radius 3 is 2.46 bits per heavy atom. The number of likely N-dealkylation sites (tertiary alicyclic amines) is 1. The van der Waals surface area contributed by atoms with Crippen molar-refractivity contribution in [3.63, 3.8) is 0 Å². The largest absolute Gasteiger partial charge is 0.396 e. The Labute approximate surface area is 79.9 Å². The molecular weight excluding hydrogens is 162 g/mol. The van der Waals surface area contributed by atoms with Crippen LogP contribution in [0.3, 0.4) is 0 Å². The second kappa shape index (κ2) is 2.96. The molecule has 1 N–H and O–H groups in total. The second-order valence-corrected chi connectivity index (χ2v) is 5.19. The van der Waals surface area contributed by atoms with Crippen molar-refractivity contribution >= 4 is 0 Å². The zero-order valence-corrected chi connectivity index (χ0v) is 8.15. The van der Waals surface area contributed by atoms with Crippen molar-refractivity contribution in [2.75, 3.05) is 26.2 Å². The van der Waals surface area contributed by atoms with Gasteiger partial charge in [0.05, 0.1) is 0 Å². The van der Waals surface area contributed by atoms with Crippen LogP contribution in [0.4, 0.5) is 0 Å². The van der Waals surface area contributed by atoms with Gasteiger partial charge in [-0.05, 0) is 30.6 Å². The molecule has 1 heterocycles. The highest BCUT2D eigenvalue weighted by atomic mass is 16.3. The summed E-state index contributed by atoms with van der Waals surface area (Å²) in [6.45, 7) is 4.05. The lowest BCUT2D eigenvalue weighted by atomic mass is 10.00. The van der Waals surface area contributed by atoms with Gasteiger partial charge in [-0.25, -0.2) is 0 Å². The zero-order chi connectivity index (χ0) is 8.84. The van der Waals surface area contributed by atoms with E-state index >= 15 is 0 Å². The van der Waals surface area contributed by atoms with Crippen LogP contribution in [-0.4, -0.2) is 36.2 Å². The first-order valence-electron chi connectivity index (χ1n) is 5.71. The van der Waals surface area contributed by atoms with Gasteiger partial charge in [-0.15, -0.1) is 0 Å². The third-order valence-corrected chi connectivity index (χ3v) is 4.34. The van der Waals surface area contributed by atoms with Gasteiger partial charge in [0.1, 0.15) is 0 Å². The summed E-state index contributed by atoms with van der Waals surface area (Å²) in [5.41, 5.74) is 0. The maximum absolute atomic E-state index is 8.89. The second-order valence-electron chi connectivity index (χ2n) is 5.19. The van der Waals surface area contributed by atoms with Crippen molar-refractivity contribution < 1.29 is 5.11 Å². The lowest BCUT2D eigenvalue weighted by Crippen LogP contribution is -2.49. The molecule has 2 aliphatic carbocycles. The van der Waals surface area contributed by atoms with Crippen molar-refractivity contribution in [1.82, 2.24) is 4.90 Å². The van der Waals surface area contributed by atoms with E-state index in [1.807, 2.05) is 0 Å². The fourth-order valence-electron chi connectivity index (χ4n) is 3.48. The molecule has 0 aromatic heterocycles. The van der Waals surface area contributed by atoms with E-state index in [-0.39, 0.29) is 0 Å². The predicted octanol–water partition coefficient (Wildman–Crippen LogP) is 0.957. The van der Waals surface area contributed by atoms with Crippen molar-refractivity contribution in [2.24, 2.45) is 23.7 Å². The average Bonchev–Trinajstić information content (AvgIpc) is 2.56. The lowest BCUT2D eigenvalue weighted by Gasteiger charge is -2.38. The van der Waals surface area contributed by atoms with E-state index in [4.69, 9.17) is 5.11 Å². The molecule has 2 unspecified atom stereocenters. The van der Waals surface area contributed by atoms with Gasteiger partial charge in [0, 0.05) is 32.2 Å². The SMILES string of the molecule is OCC1CN(CC2C3CCCC32)C1. The van der Waals surface area contributed by atoms with Gasteiger partial charge in [-0.1, -0.05) is 6.42 Å². The Morgan fingerprint density at radius 2 is 1.85 bits per heavy atom. The fraction of sp³-hybridized carbons (Fsp3) is 1.00. The van der Waals surface area contributed by atoms with Gasteiger partial charge >= 0.3 is 0 Å². The third-order valence-electron chi connectivity index (χ3n) is 4.34. The quantitative estimate of drug-likeness (QED) is 0.701. The minimum absolute atomic E-state index is 0.397. The Bertz CT molecular complexity index is 190. The summed E-state index contributed by atoms with van der Waals surface area (Å²) in [7, 11) is 0. The van der Waals surface area contributed by atoms with E-state index in [0.29, 0.717) is 12.5 Å². The molecule has 1 saturated heterocycles. The van der Waals surface area contributed by atoms with Crippen LogP contribution in [0.5, 0.6) is 0 Å². The minimum atomic E-state index is 0.397. The van der Waals surface area contributed by atoms with Crippen LogP contribution in [0.25, 0.3) is 0 Å². The summed E-state index contributed by atoms with van der Waals surface area (Å²) in [5, 5.41) is 8.89. The summed E-state index contributed by atoms with van der Waals surface area (Å²) in [6.07, 6.45) is 4.50. The molecule has 0 bridgehead atoms. The lowest BCUT2D eigenvalue weighted by molar-refractivity contribution is 0.0476. The highest BCUT2D eigenvalue weighted by Crippen LogP contribution is 2.57. The zero-order valence-electron chi connectivity index (χ0n) is 8.15. The molecule has 2 atom stereocenters. The topological polar surface area (TPSA) is 23.5 Å². The van der Waals surface area contributed by atoms with Crippen LogP contribution in [0.2, 0.25) is 0 Å². The van der Waals surface area contributed by atoms with E-state index in [1.165, 1.54) is 25.8 Å². The van der Waals surface area contributed by atoms with Crippen LogP contribution in [0.15, 0.2) is 0 Å². The molecule has 3 rings (SSSR count). The normalized spacial score (nSPS) is 44.5. The number of aliphatic hydroxyl groups is 1. The van der Waals surface area contributed by atoms with Crippen LogP contribution in [0.1, 0.15) is 19.3 Å². The maximum Gasteiger partial charge on any atom is 0.0483 e. The first kappa shape index (κ1) is 8.25. The number of fused-ring (bicyclic) bond motifs is 1. The molecule has 0 radical (unpaired) electrons. The molecule has 13 heavy (non-hydrogen) atoms. The molecule has 3 aliphatic rings. The van der Waals surface area contributed by atoms with Crippen molar-refractivity contribution in [1.29, 1.82) is 0 Å². The van der Waals surface area contributed by atoms with Crippen molar-refractivity contribution in [2.45, 2.75) is 19.3 Å². The standard InChI is InChI=1S/C11H19NO/c13-7-8-4-12(5-8)6-11-9-2-1-3-10(9)11/h8-11,13H,1-7H2. The summed E-state index contributed by atoms with van der Waals surface area (Å²) in [6, 6.07) is 0. The van der Waals surface area contributed by atoms with E-state index in [2.05, 4.69) is 4.90 Å². The number of hydrogen-bond donors (Lipinski definition) is 1. The Hall–Kier alpha value is -0.0800. The Kier molecular flexibility index (Phi) is 1.88. The van der Waals surface area contributed by atoms with Crippen molar-refractivity contribution in [3.8, 4) is 0 Å². The van der Waals surface area contributed by atoms with E-state index in [9.17, 15) is 0 Å². The maximum atomic E-state index is 8.89. The average molecular weight is 181 g/mol. The summed E-state index contributed by atoms with van der Waals surface area (Å²) < 4.78 is 0. The molecule has 0 amide bonds. The minimum Gasteiger partial charge on any atom is -0.396 e. The fourth-order valence-corrected chi connectivity index (χ4v) is 3.48. The molecule has 0 aromatic rings. The molecule has 1 aliphatic heterocycles. The molecule has 2 heteroatoms. The molecule has 3 fully saturated rings. The molecular formula is C11H19NO. The first-order chi connectivity index (χ1) is 6.38. The Morgan fingerprint density at radius 1 is 1.15 bits per heavy atom. The van der Waals surface area contributed by atoms with E-state index in [1.54, 1.807) is 0 Å². The third kappa shape index (κ3) is 1.31. The smallest absolute Gasteiger partial charge is 0.0483 e. The first-order valence-corrected chi connectivity index (χ1v) is 5.71. The van der Waals surface area contributed by atoms with Gasteiger partial charge in [-0.3, -0.25) is 0 Å². The van der Waals surface area contributed by atoms with Crippen molar-refractivity contribution in [3.05, 3.63) is 0 Å². The van der Waals surface area contributed by atoms with Gasteiger partial charge in [0.2, 0.25) is 0 Å². The highest BCUT2D eigenvalue weighted by Gasteiger charge is 2.53.